The number of rotatable bonds is 5. The van der Waals surface area contributed by atoms with Gasteiger partial charge in [-0.05, 0) is 0 Å². The number of nitrogens with zero attached hydrogens (tertiary/aromatic N) is 5. The van der Waals surface area contributed by atoms with Crippen molar-refractivity contribution in [3.8, 4) is 0 Å². The molecule has 0 fully saturated rings. The van der Waals surface area contributed by atoms with E-state index >= 15 is 0 Å². The van der Waals surface area contributed by atoms with Crippen LogP contribution >= 0.6 is 0 Å². The van der Waals surface area contributed by atoms with E-state index in [4.69, 9.17) is 0 Å². The molecule has 3 rings (SSSR count). The van der Waals surface area contributed by atoms with Crippen LogP contribution in [0.1, 0.15) is 25.6 Å². The quantitative estimate of drug-likeness (QED) is 0.783. The van der Waals surface area contributed by atoms with Gasteiger partial charge in [-0.2, -0.15) is 0 Å². The molecule has 1 N–H and O–H groups in total. The number of nitrogens with one attached hydrogen (secondary N) is 1. The van der Waals surface area contributed by atoms with Crippen molar-refractivity contribution in [2.75, 3.05) is 11.9 Å². The minimum Gasteiger partial charge on any atom is -0.367 e. The molecule has 3 aromatic rings. The van der Waals surface area contributed by atoms with Gasteiger partial charge in [0.05, 0.1) is 17.2 Å². The summed E-state index contributed by atoms with van der Waals surface area (Å²) in [6, 6.07) is 2.08. The zero-order valence-corrected chi connectivity index (χ0v) is 12.8. The molecule has 0 saturated heterocycles. The van der Waals surface area contributed by atoms with Crippen molar-refractivity contribution in [3.05, 3.63) is 42.1 Å². The van der Waals surface area contributed by atoms with Crippen LogP contribution in [0.15, 0.2) is 24.7 Å². The van der Waals surface area contributed by atoms with E-state index in [-0.39, 0.29) is 5.92 Å². The summed E-state index contributed by atoms with van der Waals surface area (Å²) in [7, 11) is 0. The highest BCUT2D eigenvalue weighted by molar-refractivity contribution is 5.75. The molecule has 0 aliphatic rings. The topological polar surface area (TPSA) is 68.5 Å². The number of hydrogen-bond donors (Lipinski definition) is 1. The van der Waals surface area contributed by atoms with Gasteiger partial charge < -0.3 is 9.88 Å². The Kier molecular flexibility index (Phi) is 4.14. The van der Waals surface area contributed by atoms with Gasteiger partial charge in [0, 0.05) is 31.1 Å². The fourth-order valence-corrected chi connectivity index (χ4v) is 2.28. The Morgan fingerprint density at radius 2 is 1.91 bits per heavy atom. The van der Waals surface area contributed by atoms with Gasteiger partial charge in [-0.3, -0.25) is 4.98 Å². The highest BCUT2D eigenvalue weighted by Crippen LogP contribution is 2.16. The largest absolute Gasteiger partial charge is 0.367 e. The van der Waals surface area contributed by atoms with E-state index in [0.29, 0.717) is 29.9 Å². The molecule has 0 spiro atoms. The predicted octanol–water partition coefficient (Wildman–Crippen LogP) is 2.74. The molecule has 0 aliphatic heterocycles. The Morgan fingerprint density at radius 3 is 2.65 bits per heavy atom. The van der Waals surface area contributed by atoms with E-state index in [1.165, 1.54) is 6.20 Å². The zero-order valence-electron chi connectivity index (χ0n) is 12.8. The van der Waals surface area contributed by atoms with Crippen LogP contribution in [0.2, 0.25) is 0 Å². The van der Waals surface area contributed by atoms with Crippen molar-refractivity contribution in [2.24, 2.45) is 0 Å². The van der Waals surface area contributed by atoms with Crippen LogP contribution in [0.5, 0.6) is 0 Å². The summed E-state index contributed by atoms with van der Waals surface area (Å²) in [5.41, 5.74) is 0.622. The average molecular weight is 318 g/mol. The minimum atomic E-state index is -0.935. The number of fused-ring (bicyclic) bond motifs is 1. The average Bonchev–Trinajstić information content (AvgIpc) is 2.97. The summed E-state index contributed by atoms with van der Waals surface area (Å²) in [5, 5.41) is 11.1. The lowest BCUT2D eigenvalue weighted by molar-refractivity contribution is 0.510. The lowest BCUT2D eigenvalue weighted by atomic mass is 10.2. The minimum absolute atomic E-state index is 0.288. The maximum Gasteiger partial charge on any atom is 0.161 e. The third kappa shape index (κ3) is 3.25. The Morgan fingerprint density at radius 1 is 1.17 bits per heavy atom. The van der Waals surface area contributed by atoms with E-state index in [2.05, 4.69) is 39.3 Å². The van der Waals surface area contributed by atoms with E-state index in [0.717, 1.165) is 18.0 Å². The first-order chi connectivity index (χ1) is 11.0. The summed E-state index contributed by atoms with van der Waals surface area (Å²) >= 11 is 0. The Hall–Kier alpha value is -2.64. The SMILES string of the molecule is CC(C)c1nncn1CCNc1cnc2cc(F)c(F)cc2n1. The van der Waals surface area contributed by atoms with Crippen molar-refractivity contribution in [1.82, 2.24) is 24.7 Å². The maximum atomic E-state index is 13.3. The monoisotopic (exact) mass is 318 g/mol. The van der Waals surface area contributed by atoms with Crippen LogP contribution in [0.4, 0.5) is 14.6 Å². The third-order valence-corrected chi connectivity index (χ3v) is 3.41. The van der Waals surface area contributed by atoms with E-state index in [9.17, 15) is 8.78 Å². The molecular formula is C15H16F2N6. The summed E-state index contributed by atoms with van der Waals surface area (Å²) in [6.45, 7) is 5.35. The second-order valence-electron chi connectivity index (χ2n) is 5.47. The molecule has 0 amide bonds. The van der Waals surface area contributed by atoms with Gasteiger partial charge in [-0.15, -0.1) is 10.2 Å². The number of halogens is 2. The summed E-state index contributed by atoms with van der Waals surface area (Å²) in [6.07, 6.45) is 3.18. The lowest BCUT2D eigenvalue weighted by Crippen LogP contribution is -2.14. The molecule has 0 bridgehead atoms. The van der Waals surface area contributed by atoms with Crippen molar-refractivity contribution >= 4 is 16.9 Å². The molecule has 0 aliphatic carbocycles. The van der Waals surface area contributed by atoms with Gasteiger partial charge in [0.25, 0.3) is 0 Å². The predicted molar refractivity (Wildman–Crippen MR) is 82.1 cm³/mol. The normalized spacial score (nSPS) is 11.3. The van der Waals surface area contributed by atoms with Gasteiger partial charge in [-0.25, -0.2) is 13.8 Å². The van der Waals surface area contributed by atoms with Gasteiger partial charge in [0.1, 0.15) is 18.0 Å². The third-order valence-electron chi connectivity index (χ3n) is 3.41. The Bertz CT molecular complexity index is 830. The smallest absolute Gasteiger partial charge is 0.161 e. The van der Waals surface area contributed by atoms with Gasteiger partial charge in [-0.1, -0.05) is 13.8 Å². The highest BCUT2D eigenvalue weighted by atomic mass is 19.2. The maximum absolute atomic E-state index is 13.3. The number of hydrogen-bond acceptors (Lipinski definition) is 5. The first-order valence-electron chi connectivity index (χ1n) is 7.28. The second-order valence-corrected chi connectivity index (χ2v) is 5.47. The Balaban J connectivity index is 1.70. The van der Waals surface area contributed by atoms with Crippen molar-refractivity contribution in [2.45, 2.75) is 26.3 Å². The summed E-state index contributed by atoms with van der Waals surface area (Å²) in [5.74, 6) is -0.163. The van der Waals surface area contributed by atoms with Gasteiger partial charge in [0.2, 0.25) is 0 Å². The van der Waals surface area contributed by atoms with E-state index < -0.39 is 11.6 Å². The molecule has 120 valence electrons. The van der Waals surface area contributed by atoms with Gasteiger partial charge >= 0.3 is 0 Å². The highest BCUT2D eigenvalue weighted by Gasteiger charge is 2.09. The molecule has 0 saturated carbocycles. The van der Waals surface area contributed by atoms with Crippen LogP contribution in [0.3, 0.4) is 0 Å². The van der Waals surface area contributed by atoms with Gasteiger partial charge in [0.15, 0.2) is 11.6 Å². The fraction of sp³-hybridized carbons (Fsp3) is 0.333. The molecule has 0 unspecified atom stereocenters. The number of aromatic nitrogens is 5. The van der Waals surface area contributed by atoms with Crippen molar-refractivity contribution < 1.29 is 8.78 Å². The van der Waals surface area contributed by atoms with E-state index in [1.54, 1.807) is 6.33 Å². The molecular weight excluding hydrogens is 302 g/mol. The molecule has 6 nitrogen and oxygen atoms in total. The molecule has 2 aromatic heterocycles. The van der Waals surface area contributed by atoms with Crippen LogP contribution in [-0.4, -0.2) is 31.3 Å². The first kappa shape index (κ1) is 15.3. The van der Waals surface area contributed by atoms with Crippen LogP contribution in [0, 0.1) is 11.6 Å². The lowest BCUT2D eigenvalue weighted by Gasteiger charge is -2.10. The molecule has 8 heteroatoms. The molecule has 2 heterocycles. The number of anilines is 1. The molecule has 23 heavy (non-hydrogen) atoms. The summed E-state index contributed by atoms with van der Waals surface area (Å²) < 4.78 is 28.4. The fourth-order valence-electron chi connectivity index (χ4n) is 2.28. The van der Waals surface area contributed by atoms with Crippen LogP contribution in [-0.2, 0) is 6.54 Å². The first-order valence-corrected chi connectivity index (χ1v) is 7.28. The molecule has 0 atom stereocenters. The van der Waals surface area contributed by atoms with Crippen molar-refractivity contribution in [1.29, 1.82) is 0 Å². The van der Waals surface area contributed by atoms with Crippen LogP contribution in [0.25, 0.3) is 11.0 Å². The second kappa shape index (κ2) is 6.23. The van der Waals surface area contributed by atoms with Crippen molar-refractivity contribution in [3.63, 3.8) is 0 Å². The molecule has 0 radical (unpaired) electrons. The Labute approximate surface area is 131 Å². The summed E-state index contributed by atoms with van der Waals surface area (Å²) in [4.78, 5) is 8.31. The standard InChI is InChI=1S/C15H16F2N6/c1-9(2)15-22-20-8-23(15)4-3-18-14-7-19-12-5-10(16)11(17)6-13(12)21-14/h5-9H,3-4H2,1-2H3,(H,18,21). The zero-order chi connectivity index (χ0) is 16.4. The molecule has 1 aromatic carbocycles. The number of benzene rings is 1. The van der Waals surface area contributed by atoms with E-state index in [1.807, 2.05) is 4.57 Å². The van der Waals surface area contributed by atoms with Crippen LogP contribution < -0.4 is 5.32 Å².